The van der Waals surface area contributed by atoms with E-state index in [1.807, 2.05) is 11.8 Å². The summed E-state index contributed by atoms with van der Waals surface area (Å²) in [5.74, 6) is -0.271. The van der Waals surface area contributed by atoms with Gasteiger partial charge in [-0.05, 0) is 25.8 Å². The molecule has 0 bridgehead atoms. The number of nitrogens with zero attached hydrogens (tertiary/aromatic N) is 1. The molecule has 6 heteroatoms. The first kappa shape index (κ1) is 13.9. The number of hydrogen-bond acceptors (Lipinski definition) is 4. The van der Waals surface area contributed by atoms with E-state index < -0.39 is 6.03 Å². The third-order valence-electron chi connectivity index (χ3n) is 2.70. The number of amides is 3. The van der Waals surface area contributed by atoms with E-state index in [4.69, 9.17) is 5.73 Å². The lowest BCUT2D eigenvalue weighted by atomic mass is 10.1. The molecule has 0 spiro atoms. The minimum absolute atomic E-state index is 0.144. The fourth-order valence-electron chi connectivity index (χ4n) is 1.89. The van der Waals surface area contributed by atoms with Crippen molar-refractivity contribution >= 4 is 11.9 Å². The molecule has 0 radical (unpaired) electrons. The highest BCUT2D eigenvalue weighted by atomic mass is 16.2. The quantitative estimate of drug-likeness (QED) is 0.628. The van der Waals surface area contributed by atoms with Crippen molar-refractivity contribution < 1.29 is 9.59 Å². The Hall–Kier alpha value is -1.14. The van der Waals surface area contributed by atoms with Crippen LogP contribution in [0.25, 0.3) is 0 Å². The van der Waals surface area contributed by atoms with Crippen LogP contribution in [0.15, 0.2) is 0 Å². The van der Waals surface area contributed by atoms with Gasteiger partial charge in [0.05, 0.1) is 6.54 Å². The van der Waals surface area contributed by atoms with Gasteiger partial charge in [-0.3, -0.25) is 15.0 Å². The molecule has 98 valence electrons. The minimum atomic E-state index is -0.418. The molecule has 1 aliphatic rings. The molecular weight excluding hydrogens is 220 g/mol. The Morgan fingerprint density at radius 3 is 2.88 bits per heavy atom. The summed E-state index contributed by atoms with van der Waals surface area (Å²) in [5, 5.41) is 4.90. The standard InChI is InChI=1S/C11H22N4O2/c1-2-5-13-11(17)14-10(16)8-15-6-3-4-9(12)7-15/h9H,2-8,12H2,1H3,(H2,13,14,16,17). The van der Waals surface area contributed by atoms with Gasteiger partial charge < -0.3 is 11.1 Å². The third kappa shape index (κ3) is 5.65. The molecule has 4 N–H and O–H groups in total. The van der Waals surface area contributed by atoms with Crippen molar-refractivity contribution in [1.82, 2.24) is 15.5 Å². The first-order valence-electron chi connectivity index (χ1n) is 6.17. The number of nitrogens with two attached hydrogens (primary N) is 1. The number of piperidine rings is 1. The molecule has 1 rings (SSSR count). The number of carbonyl (C=O) groups is 2. The van der Waals surface area contributed by atoms with Crippen LogP contribution in [0, 0.1) is 0 Å². The number of nitrogens with one attached hydrogen (secondary N) is 2. The predicted molar refractivity (Wildman–Crippen MR) is 65.5 cm³/mol. The van der Waals surface area contributed by atoms with E-state index in [1.165, 1.54) is 0 Å². The van der Waals surface area contributed by atoms with Crippen molar-refractivity contribution in [2.75, 3.05) is 26.2 Å². The molecule has 0 aromatic carbocycles. The van der Waals surface area contributed by atoms with Crippen LogP contribution in [0.5, 0.6) is 0 Å². The third-order valence-corrected chi connectivity index (χ3v) is 2.70. The Labute approximate surface area is 102 Å². The molecule has 1 saturated heterocycles. The van der Waals surface area contributed by atoms with E-state index in [9.17, 15) is 9.59 Å². The van der Waals surface area contributed by atoms with Crippen LogP contribution in [0.4, 0.5) is 4.79 Å². The average Bonchev–Trinajstić information content (AvgIpc) is 2.26. The molecule has 1 heterocycles. The van der Waals surface area contributed by atoms with E-state index in [0.717, 1.165) is 32.4 Å². The Kier molecular flexibility index (Phi) is 5.93. The van der Waals surface area contributed by atoms with Crippen LogP contribution >= 0.6 is 0 Å². The molecule has 3 amide bonds. The maximum absolute atomic E-state index is 11.5. The molecule has 1 fully saturated rings. The van der Waals surface area contributed by atoms with Gasteiger partial charge in [-0.2, -0.15) is 0 Å². The van der Waals surface area contributed by atoms with Gasteiger partial charge in [0.25, 0.3) is 0 Å². The van der Waals surface area contributed by atoms with E-state index in [-0.39, 0.29) is 18.5 Å². The number of carbonyl (C=O) groups excluding carboxylic acids is 2. The number of rotatable bonds is 4. The first-order valence-corrected chi connectivity index (χ1v) is 6.17. The highest BCUT2D eigenvalue weighted by Crippen LogP contribution is 2.07. The zero-order valence-electron chi connectivity index (χ0n) is 10.4. The molecule has 0 saturated carbocycles. The van der Waals surface area contributed by atoms with Gasteiger partial charge in [-0.1, -0.05) is 6.92 Å². The van der Waals surface area contributed by atoms with Crippen molar-refractivity contribution in [2.24, 2.45) is 5.73 Å². The average molecular weight is 242 g/mol. The van der Waals surface area contributed by atoms with Gasteiger partial charge in [0.15, 0.2) is 0 Å². The Balaban J connectivity index is 2.21. The smallest absolute Gasteiger partial charge is 0.321 e. The summed E-state index contributed by atoms with van der Waals surface area (Å²) in [7, 11) is 0. The molecule has 1 unspecified atom stereocenters. The Bertz CT molecular complexity index is 270. The summed E-state index contributed by atoms with van der Waals surface area (Å²) >= 11 is 0. The van der Waals surface area contributed by atoms with Crippen molar-refractivity contribution in [3.63, 3.8) is 0 Å². The lowest BCUT2D eigenvalue weighted by Gasteiger charge is -2.29. The SMILES string of the molecule is CCCNC(=O)NC(=O)CN1CCCC(N)C1. The van der Waals surface area contributed by atoms with Crippen LogP contribution in [-0.2, 0) is 4.79 Å². The zero-order chi connectivity index (χ0) is 12.7. The van der Waals surface area contributed by atoms with E-state index >= 15 is 0 Å². The summed E-state index contributed by atoms with van der Waals surface area (Å²) in [5.41, 5.74) is 5.82. The second kappa shape index (κ2) is 7.24. The highest BCUT2D eigenvalue weighted by Gasteiger charge is 2.19. The molecule has 0 aromatic heterocycles. The minimum Gasteiger partial charge on any atom is -0.338 e. The molecular formula is C11H22N4O2. The number of hydrogen-bond donors (Lipinski definition) is 3. The van der Waals surface area contributed by atoms with E-state index in [0.29, 0.717) is 6.54 Å². The summed E-state index contributed by atoms with van der Waals surface area (Å²) < 4.78 is 0. The topological polar surface area (TPSA) is 87.5 Å². The normalized spacial score (nSPS) is 20.9. The number of urea groups is 1. The molecule has 6 nitrogen and oxygen atoms in total. The van der Waals surface area contributed by atoms with Crippen LogP contribution in [0.2, 0.25) is 0 Å². The van der Waals surface area contributed by atoms with Crippen LogP contribution in [0.3, 0.4) is 0 Å². The van der Waals surface area contributed by atoms with Gasteiger partial charge in [0.2, 0.25) is 5.91 Å². The predicted octanol–water partition coefficient (Wildman–Crippen LogP) is -0.355. The maximum atomic E-state index is 11.5. The van der Waals surface area contributed by atoms with Gasteiger partial charge in [-0.15, -0.1) is 0 Å². The fraction of sp³-hybridized carbons (Fsp3) is 0.818. The Morgan fingerprint density at radius 1 is 1.47 bits per heavy atom. The van der Waals surface area contributed by atoms with Crippen molar-refractivity contribution in [1.29, 1.82) is 0 Å². The molecule has 17 heavy (non-hydrogen) atoms. The highest BCUT2D eigenvalue weighted by molar-refractivity contribution is 5.95. The van der Waals surface area contributed by atoms with Gasteiger partial charge in [0, 0.05) is 19.1 Å². The molecule has 1 atom stereocenters. The maximum Gasteiger partial charge on any atom is 0.321 e. The van der Waals surface area contributed by atoms with Crippen molar-refractivity contribution in [3.05, 3.63) is 0 Å². The largest absolute Gasteiger partial charge is 0.338 e. The van der Waals surface area contributed by atoms with Crippen LogP contribution < -0.4 is 16.4 Å². The number of imide groups is 1. The molecule has 0 aromatic rings. The Morgan fingerprint density at radius 2 is 2.24 bits per heavy atom. The van der Waals surface area contributed by atoms with Gasteiger partial charge in [0.1, 0.15) is 0 Å². The zero-order valence-corrected chi connectivity index (χ0v) is 10.4. The summed E-state index contributed by atoms with van der Waals surface area (Å²) in [6.07, 6.45) is 2.87. The second-order valence-corrected chi connectivity index (χ2v) is 4.44. The van der Waals surface area contributed by atoms with Crippen molar-refractivity contribution in [3.8, 4) is 0 Å². The number of likely N-dealkylation sites (tertiary alicyclic amines) is 1. The van der Waals surface area contributed by atoms with Crippen LogP contribution in [0.1, 0.15) is 26.2 Å². The van der Waals surface area contributed by atoms with Gasteiger partial charge >= 0.3 is 6.03 Å². The molecule has 0 aliphatic carbocycles. The monoisotopic (exact) mass is 242 g/mol. The summed E-state index contributed by atoms with van der Waals surface area (Å²) in [4.78, 5) is 24.8. The summed E-state index contributed by atoms with van der Waals surface area (Å²) in [6.45, 7) is 4.37. The summed E-state index contributed by atoms with van der Waals surface area (Å²) in [6, 6.07) is -0.274. The van der Waals surface area contributed by atoms with Gasteiger partial charge in [-0.25, -0.2) is 4.79 Å². The fourth-order valence-corrected chi connectivity index (χ4v) is 1.89. The second-order valence-electron chi connectivity index (χ2n) is 4.44. The van der Waals surface area contributed by atoms with Crippen molar-refractivity contribution in [2.45, 2.75) is 32.2 Å². The van der Waals surface area contributed by atoms with E-state index in [1.54, 1.807) is 0 Å². The molecule has 1 aliphatic heterocycles. The first-order chi connectivity index (χ1) is 8.11. The van der Waals surface area contributed by atoms with E-state index in [2.05, 4.69) is 10.6 Å². The van der Waals surface area contributed by atoms with Crippen LogP contribution in [-0.4, -0.2) is 49.1 Å². The lowest BCUT2D eigenvalue weighted by Crippen LogP contribution is -2.49. The lowest BCUT2D eigenvalue weighted by molar-refractivity contribution is -0.121.